The molecule has 1 N–H and O–H groups in total. The smallest absolute Gasteiger partial charge is 0.341 e. The SMILES string of the molecule is CCn1c(CCCOc2ccc(Cl)cc2C)nnc1SCC(=O)Nc1scc(-c2ccccc2)c1C(=O)OC. The highest BCUT2D eigenvalue weighted by atomic mass is 35.5. The molecule has 39 heavy (non-hydrogen) atoms. The summed E-state index contributed by atoms with van der Waals surface area (Å²) in [6.07, 6.45) is 1.46. The first-order valence-electron chi connectivity index (χ1n) is 12.4. The Morgan fingerprint density at radius 1 is 1.15 bits per heavy atom. The molecule has 8 nitrogen and oxygen atoms in total. The van der Waals surface area contributed by atoms with E-state index in [1.807, 2.05) is 72.3 Å². The highest BCUT2D eigenvalue weighted by Crippen LogP contribution is 2.36. The van der Waals surface area contributed by atoms with Crippen molar-refractivity contribution in [3.63, 3.8) is 0 Å². The number of hydrogen-bond donors (Lipinski definition) is 1. The number of benzene rings is 2. The lowest BCUT2D eigenvalue weighted by molar-refractivity contribution is -0.113. The lowest BCUT2D eigenvalue weighted by Gasteiger charge is -2.10. The molecule has 0 radical (unpaired) electrons. The number of nitrogens with one attached hydrogen (secondary N) is 1. The minimum absolute atomic E-state index is 0.121. The average Bonchev–Trinajstić information content (AvgIpc) is 3.54. The van der Waals surface area contributed by atoms with Crippen LogP contribution in [0.2, 0.25) is 5.02 Å². The van der Waals surface area contributed by atoms with Crippen LogP contribution in [0.1, 0.15) is 35.1 Å². The summed E-state index contributed by atoms with van der Waals surface area (Å²) in [5, 5.41) is 15.2. The number of rotatable bonds is 12. The summed E-state index contributed by atoms with van der Waals surface area (Å²) >= 11 is 8.61. The van der Waals surface area contributed by atoms with Crippen LogP contribution in [-0.4, -0.2) is 46.1 Å². The number of aromatic nitrogens is 3. The fraction of sp³-hybridized carbons (Fsp3) is 0.286. The highest BCUT2D eigenvalue weighted by Gasteiger charge is 2.22. The van der Waals surface area contributed by atoms with Crippen molar-refractivity contribution in [2.75, 3.05) is 24.8 Å². The summed E-state index contributed by atoms with van der Waals surface area (Å²) < 4.78 is 12.9. The number of amides is 1. The Balaban J connectivity index is 1.34. The first-order valence-corrected chi connectivity index (χ1v) is 14.6. The van der Waals surface area contributed by atoms with Crippen LogP contribution in [0.5, 0.6) is 5.75 Å². The predicted molar refractivity (Wildman–Crippen MR) is 156 cm³/mol. The molecule has 0 atom stereocenters. The molecular formula is C28H29ClN4O4S2. The van der Waals surface area contributed by atoms with Gasteiger partial charge in [-0.3, -0.25) is 4.79 Å². The van der Waals surface area contributed by atoms with E-state index in [2.05, 4.69) is 15.5 Å². The third-order valence-corrected chi connectivity index (χ3v) is 8.00. The quantitative estimate of drug-likeness (QED) is 0.115. The molecule has 0 bridgehead atoms. The van der Waals surface area contributed by atoms with Crippen molar-refractivity contribution in [3.8, 4) is 16.9 Å². The van der Waals surface area contributed by atoms with Gasteiger partial charge in [-0.1, -0.05) is 53.7 Å². The first kappa shape index (κ1) is 28.7. The van der Waals surface area contributed by atoms with E-state index in [0.29, 0.717) is 40.3 Å². The fourth-order valence-electron chi connectivity index (χ4n) is 3.99. The van der Waals surface area contributed by atoms with Crippen molar-refractivity contribution in [1.82, 2.24) is 14.8 Å². The van der Waals surface area contributed by atoms with Crippen LogP contribution < -0.4 is 10.1 Å². The highest BCUT2D eigenvalue weighted by molar-refractivity contribution is 7.99. The Kier molecular flexibility index (Phi) is 10.0. The van der Waals surface area contributed by atoms with Gasteiger partial charge in [-0.05, 0) is 49.6 Å². The summed E-state index contributed by atoms with van der Waals surface area (Å²) in [4.78, 5) is 25.4. The Morgan fingerprint density at radius 3 is 2.67 bits per heavy atom. The number of ether oxygens (including phenoxy) is 2. The molecule has 0 spiro atoms. The second kappa shape index (κ2) is 13.6. The molecule has 204 valence electrons. The molecule has 0 aliphatic rings. The number of methoxy groups -OCH3 is 1. The van der Waals surface area contributed by atoms with Crippen LogP contribution in [0.25, 0.3) is 11.1 Å². The van der Waals surface area contributed by atoms with Crippen molar-refractivity contribution >= 4 is 51.6 Å². The summed E-state index contributed by atoms with van der Waals surface area (Å²) in [5.74, 6) is 1.04. The summed E-state index contributed by atoms with van der Waals surface area (Å²) in [7, 11) is 1.33. The Morgan fingerprint density at radius 2 is 1.95 bits per heavy atom. The summed E-state index contributed by atoms with van der Waals surface area (Å²) in [6, 6.07) is 15.1. The van der Waals surface area contributed by atoms with Gasteiger partial charge in [-0.2, -0.15) is 0 Å². The average molecular weight is 585 g/mol. The van der Waals surface area contributed by atoms with Crippen LogP contribution in [0.15, 0.2) is 59.1 Å². The number of carbonyl (C=O) groups excluding carboxylic acids is 2. The number of hydrogen-bond acceptors (Lipinski definition) is 8. The molecule has 0 saturated heterocycles. The number of halogens is 1. The number of aryl methyl sites for hydroxylation is 2. The zero-order chi connectivity index (χ0) is 27.8. The van der Waals surface area contributed by atoms with E-state index in [9.17, 15) is 9.59 Å². The van der Waals surface area contributed by atoms with Gasteiger partial charge in [0.1, 0.15) is 22.1 Å². The normalized spacial score (nSPS) is 10.9. The van der Waals surface area contributed by atoms with Gasteiger partial charge < -0.3 is 19.4 Å². The monoisotopic (exact) mass is 584 g/mol. The van der Waals surface area contributed by atoms with Crippen LogP contribution in [0.3, 0.4) is 0 Å². The number of carbonyl (C=O) groups is 2. The molecule has 2 heterocycles. The fourth-order valence-corrected chi connectivity index (χ4v) is 6.01. The molecule has 2 aromatic heterocycles. The van der Waals surface area contributed by atoms with Crippen LogP contribution in [0, 0.1) is 6.92 Å². The zero-order valence-electron chi connectivity index (χ0n) is 21.9. The second-order valence-corrected chi connectivity index (χ2v) is 10.8. The molecule has 11 heteroatoms. The number of esters is 1. The molecule has 0 saturated carbocycles. The van der Waals surface area contributed by atoms with Crippen molar-refractivity contribution in [2.45, 2.75) is 38.4 Å². The maximum Gasteiger partial charge on any atom is 0.341 e. The molecule has 4 aromatic rings. The molecule has 0 aliphatic heterocycles. The van der Waals surface area contributed by atoms with Gasteiger partial charge in [0.25, 0.3) is 0 Å². The first-order chi connectivity index (χ1) is 18.9. The molecule has 0 unspecified atom stereocenters. The lowest BCUT2D eigenvalue weighted by Crippen LogP contribution is -2.16. The van der Waals surface area contributed by atoms with E-state index in [1.165, 1.54) is 30.2 Å². The standard InChI is InChI=1S/C28H29ClN4O4S2/c1-4-33-23(11-8-14-37-22-13-12-20(29)15-18(22)2)31-32-28(33)39-17-24(34)30-26-25(27(35)36-3)21(16-38-26)19-9-6-5-7-10-19/h5-7,9-10,12-13,15-16H,4,8,11,14,17H2,1-3H3,(H,30,34). The topological polar surface area (TPSA) is 95.3 Å². The minimum atomic E-state index is -0.497. The van der Waals surface area contributed by atoms with Crippen LogP contribution >= 0.6 is 34.7 Å². The maximum absolute atomic E-state index is 12.8. The van der Waals surface area contributed by atoms with Gasteiger partial charge in [0.05, 0.1) is 19.5 Å². The van der Waals surface area contributed by atoms with Gasteiger partial charge in [0.2, 0.25) is 5.91 Å². The molecular weight excluding hydrogens is 556 g/mol. The zero-order valence-corrected chi connectivity index (χ0v) is 24.3. The third-order valence-electron chi connectivity index (χ3n) is 5.90. The van der Waals surface area contributed by atoms with Gasteiger partial charge in [0.15, 0.2) is 5.16 Å². The second-order valence-electron chi connectivity index (χ2n) is 8.55. The van der Waals surface area contributed by atoms with Gasteiger partial charge in [-0.15, -0.1) is 21.5 Å². The molecule has 0 aliphatic carbocycles. The number of thiophene rings is 1. The number of nitrogens with zero attached hydrogens (tertiary/aromatic N) is 3. The van der Waals surface area contributed by atoms with E-state index in [-0.39, 0.29) is 11.7 Å². The van der Waals surface area contributed by atoms with E-state index in [1.54, 1.807) is 0 Å². The van der Waals surface area contributed by atoms with Gasteiger partial charge in [0, 0.05) is 28.9 Å². The summed E-state index contributed by atoms with van der Waals surface area (Å²) in [5.41, 5.74) is 2.94. The lowest BCUT2D eigenvalue weighted by atomic mass is 10.0. The third kappa shape index (κ3) is 7.20. The Labute approximate surface area is 240 Å². The molecule has 1 amide bonds. The van der Waals surface area contributed by atoms with E-state index < -0.39 is 5.97 Å². The Hall–Kier alpha value is -3.34. The largest absolute Gasteiger partial charge is 0.493 e. The van der Waals surface area contributed by atoms with Crippen molar-refractivity contribution in [1.29, 1.82) is 0 Å². The van der Waals surface area contributed by atoms with E-state index >= 15 is 0 Å². The number of thioether (sulfide) groups is 1. The number of anilines is 1. The van der Waals surface area contributed by atoms with Crippen molar-refractivity contribution < 1.29 is 19.1 Å². The van der Waals surface area contributed by atoms with Crippen LogP contribution in [-0.2, 0) is 22.5 Å². The van der Waals surface area contributed by atoms with Gasteiger partial charge in [-0.25, -0.2) is 4.79 Å². The van der Waals surface area contributed by atoms with Crippen molar-refractivity contribution in [3.05, 3.63) is 75.9 Å². The van der Waals surface area contributed by atoms with Crippen molar-refractivity contribution in [2.24, 2.45) is 0 Å². The minimum Gasteiger partial charge on any atom is -0.493 e. The Bertz CT molecular complexity index is 1440. The molecule has 0 fully saturated rings. The van der Waals surface area contributed by atoms with Gasteiger partial charge >= 0.3 is 5.97 Å². The molecule has 2 aromatic carbocycles. The van der Waals surface area contributed by atoms with E-state index in [4.69, 9.17) is 21.1 Å². The van der Waals surface area contributed by atoms with E-state index in [0.717, 1.165) is 34.7 Å². The summed E-state index contributed by atoms with van der Waals surface area (Å²) in [6.45, 7) is 5.20. The predicted octanol–water partition coefficient (Wildman–Crippen LogP) is 6.52. The maximum atomic E-state index is 12.8. The molecule has 4 rings (SSSR count). The van der Waals surface area contributed by atoms with Crippen LogP contribution in [0.4, 0.5) is 5.00 Å².